The van der Waals surface area contributed by atoms with Gasteiger partial charge in [-0.2, -0.15) is 5.26 Å². The van der Waals surface area contributed by atoms with E-state index in [1.165, 1.54) is 0 Å². The number of nitriles is 1. The number of aryl methyl sites for hydroxylation is 1. The summed E-state index contributed by atoms with van der Waals surface area (Å²) in [4.78, 5) is 8.70. The molecule has 0 spiro atoms. The highest BCUT2D eigenvalue weighted by atomic mass is 16.5. The highest BCUT2D eigenvalue weighted by Crippen LogP contribution is 2.19. The van der Waals surface area contributed by atoms with Crippen LogP contribution in [0.5, 0.6) is 5.75 Å². The minimum atomic E-state index is -0.536. The van der Waals surface area contributed by atoms with E-state index in [0.717, 1.165) is 43.3 Å². The molecule has 0 amide bonds. The third-order valence-corrected chi connectivity index (χ3v) is 4.57. The first kappa shape index (κ1) is 18.2. The molecule has 1 aliphatic rings. The molecule has 1 N–H and O–H groups in total. The van der Waals surface area contributed by atoms with Gasteiger partial charge in [-0.1, -0.05) is 18.2 Å². The lowest BCUT2D eigenvalue weighted by atomic mass is 10.2. The lowest BCUT2D eigenvalue weighted by Crippen LogP contribution is -2.49. The van der Waals surface area contributed by atoms with Gasteiger partial charge in [0.15, 0.2) is 0 Å². The molecule has 1 unspecified atom stereocenters. The Labute approximate surface area is 154 Å². The van der Waals surface area contributed by atoms with E-state index in [1.807, 2.05) is 31.2 Å². The average molecular weight is 352 g/mol. The molecule has 1 aromatic carbocycles. The van der Waals surface area contributed by atoms with Crippen molar-refractivity contribution in [3.63, 3.8) is 0 Å². The third-order valence-electron chi connectivity index (χ3n) is 4.57. The Kier molecular flexibility index (Phi) is 6.05. The summed E-state index contributed by atoms with van der Waals surface area (Å²) in [6.07, 6.45) is 1.18. The molecular weight excluding hydrogens is 328 g/mol. The zero-order valence-corrected chi connectivity index (χ0v) is 15.0. The number of ether oxygens (including phenoxy) is 1. The minimum Gasteiger partial charge on any atom is -0.491 e. The van der Waals surface area contributed by atoms with Gasteiger partial charge < -0.3 is 14.7 Å². The SMILES string of the molecule is Cc1ccccc1OCC(O)CN1CCN(c2ncccc2C#N)CC1. The molecule has 1 aromatic heterocycles. The molecule has 6 heteroatoms. The first-order valence-electron chi connectivity index (χ1n) is 8.86. The van der Waals surface area contributed by atoms with Crippen molar-refractivity contribution in [2.45, 2.75) is 13.0 Å². The summed E-state index contributed by atoms with van der Waals surface area (Å²) in [5.74, 6) is 1.56. The molecule has 3 rings (SSSR count). The van der Waals surface area contributed by atoms with E-state index in [4.69, 9.17) is 4.74 Å². The van der Waals surface area contributed by atoms with Gasteiger partial charge in [0.2, 0.25) is 0 Å². The summed E-state index contributed by atoms with van der Waals surface area (Å²) in [7, 11) is 0. The molecule has 0 bridgehead atoms. The molecule has 2 heterocycles. The zero-order chi connectivity index (χ0) is 18.4. The summed E-state index contributed by atoms with van der Waals surface area (Å²) in [6.45, 7) is 6.07. The van der Waals surface area contributed by atoms with Gasteiger partial charge in [-0.15, -0.1) is 0 Å². The Hall–Kier alpha value is -2.62. The highest BCUT2D eigenvalue weighted by Gasteiger charge is 2.22. The maximum Gasteiger partial charge on any atom is 0.146 e. The fourth-order valence-electron chi connectivity index (χ4n) is 3.13. The summed E-state index contributed by atoms with van der Waals surface area (Å²) < 4.78 is 5.73. The van der Waals surface area contributed by atoms with Crippen LogP contribution in [0.3, 0.4) is 0 Å². The average Bonchev–Trinajstić information content (AvgIpc) is 2.68. The first-order chi connectivity index (χ1) is 12.7. The monoisotopic (exact) mass is 352 g/mol. The number of nitrogens with zero attached hydrogens (tertiary/aromatic N) is 4. The van der Waals surface area contributed by atoms with Crippen LogP contribution in [0.15, 0.2) is 42.6 Å². The Morgan fingerprint density at radius 3 is 2.69 bits per heavy atom. The van der Waals surface area contributed by atoms with Crippen molar-refractivity contribution in [3.05, 3.63) is 53.7 Å². The predicted octanol–water partition coefficient (Wildman–Crippen LogP) is 1.82. The van der Waals surface area contributed by atoms with Gasteiger partial charge in [-0.25, -0.2) is 4.98 Å². The zero-order valence-electron chi connectivity index (χ0n) is 15.0. The van der Waals surface area contributed by atoms with Crippen LogP contribution in [-0.2, 0) is 0 Å². The van der Waals surface area contributed by atoms with Crippen LogP contribution in [0.2, 0.25) is 0 Å². The number of pyridine rings is 1. The Balaban J connectivity index is 1.46. The third kappa shape index (κ3) is 4.51. The number of β-amino-alcohol motifs (C(OH)–C–C–N with tert-alkyl or cyclic N) is 1. The van der Waals surface area contributed by atoms with Crippen molar-refractivity contribution < 1.29 is 9.84 Å². The standard InChI is InChI=1S/C20H24N4O2/c1-16-5-2-3-7-19(16)26-15-18(25)14-23-9-11-24(12-10-23)20-17(13-21)6-4-8-22-20/h2-8,18,25H,9-12,14-15H2,1H3. The topological polar surface area (TPSA) is 72.6 Å². The van der Waals surface area contributed by atoms with Gasteiger partial charge in [-0.05, 0) is 30.7 Å². The van der Waals surface area contributed by atoms with Crippen LogP contribution in [0.25, 0.3) is 0 Å². The van der Waals surface area contributed by atoms with Crippen LogP contribution in [0.1, 0.15) is 11.1 Å². The molecule has 0 saturated carbocycles. The minimum absolute atomic E-state index is 0.282. The van der Waals surface area contributed by atoms with Crippen molar-refractivity contribution in [2.75, 3.05) is 44.2 Å². The number of rotatable bonds is 6. The normalized spacial score (nSPS) is 16.1. The van der Waals surface area contributed by atoms with Crippen LogP contribution < -0.4 is 9.64 Å². The van der Waals surface area contributed by atoms with Gasteiger partial charge in [0.25, 0.3) is 0 Å². The quantitative estimate of drug-likeness (QED) is 0.855. The number of hydrogen-bond donors (Lipinski definition) is 1. The Bertz CT molecular complexity index is 766. The lowest BCUT2D eigenvalue weighted by Gasteiger charge is -2.36. The second-order valence-corrected chi connectivity index (χ2v) is 6.50. The van der Waals surface area contributed by atoms with E-state index >= 15 is 0 Å². The number of anilines is 1. The van der Waals surface area contributed by atoms with Crippen molar-refractivity contribution in [1.29, 1.82) is 5.26 Å². The van der Waals surface area contributed by atoms with E-state index < -0.39 is 6.10 Å². The van der Waals surface area contributed by atoms with E-state index in [1.54, 1.807) is 18.3 Å². The summed E-state index contributed by atoms with van der Waals surface area (Å²) in [6, 6.07) is 13.6. The molecule has 1 aliphatic heterocycles. The number of piperazine rings is 1. The van der Waals surface area contributed by atoms with Gasteiger partial charge in [0, 0.05) is 38.9 Å². The van der Waals surface area contributed by atoms with Gasteiger partial charge >= 0.3 is 0 Å². The van der Waals surface area contributed by atoms with E-state index in [9.17, 15) is 10.4 Å². The molecule has 136 valence electrons. The molecular formula is C20H24N4O2. The van der Waals surface area contributed by atoms with Crippen molar-refractivity contribution in [1.82, 2.24) is 9.88 Å². The predicted molar refractivity (Wildman–Crippen MR) is 100 cm³/mol. The summed E-state index contributed by atoms with van der Waals surface area (Å²) >= 11 is 0. The smallest absolute Gasteiger partial charge is 0.146 e. The molecule has 1 fully saturated rings. The molecule has 1 saturated heterocycles. The van der Waals surface area contributed by atoms with Gasteiger partial charge in [-0.3, -0.25) is 4.90 Å². The van der Waals surface area contributed by atoms with Crippen LogP contribution in [0.4, 0.5) is 5.82 Å². The first-order valence-corrected chi connectivity index (χ1v) is 8.86. The highest BCUT2D eigenvalue weighted by molar-refractivity contribution is 5.53. The van der Waals surface area contributed by atoms with E-state index in [2.05, 4.69) is 20.9 Å². The second-order valence-electron chi connectivity index (χ2n) is 6.50. The molecule has 6 nitrogen and oxygen atoms in total. The molecule has 0 aliphatic carbocycles. The van der Waals surface area contributed by atoms with Crippen molar-refractivity contribution in [3.8, 4) is 11.8 Å². The maximum absolute atomic E-state index is 10.3. The van der Waals surface area contributed by atoms with Crippen LogP contribution >= 0.6 is 0 Å². The second kappa shape index (κ2) is 8.65. The molecule has 1 atom stereocenters. The number of para-hydroxylation sites is 1. The Morgan fingerprint density at radius 2 is 1.96 bits per heavy atom. The van der Waals surface area contributed by atoms with Crippen LogP contribution in [0, 0.1) is 18.3 Å². The van der Waals surface area contributed by atoms with Crippen LogP contribution in [-0.4, -0.2) is 60.4 Å². The number of aromatic nitrogens is 1. The fraction of sp³-hybridized carbons (Fsp3) is 0.400. The van der Waals surface area contributed by atoms with E-state index in [-0.39, 0.29) is 6.61 Å². The van der Waals surface area contributed by atoms with Gasteiger partial charge in [0.05, 0.1) is 5.56 Å². The Morgan fingerprint density at radius 1 is 1.19 bits per heavy atom. The molecule has 26 heavy (non-hydrogen) atoms. The molecule has 2 aromatic rings. The maximum atomic E-state index is 10.3. The number of hydrogen-bond acceptors (Lipinski definition) is 6. The lowest BCUT2D eigenvalue weighted by molar-refractivity contribution is 0.0660. The summed E-state index contributed by atoms with van der Waals surface area (Å²) in [5, 5.41) is 19.5. The van der Waals surface area contributed by atoms with Gasteiger partial charge in [0.1, 0.15) is 30.3 Å². The number of aliphatic hydroxyl groups excluding tert-OH is 1. The van der Waals surface area contributed by atoms with Crippen molar-refractivity contribution >= 4 is 5.82 Å². The van der Waals surface area contributed by atoms with Crippen molar-refractivity contribution in [2.24, 2.45) is 0 Å². The fourth-order valence-corrected chi connectivity index (χ4v) is 3.13. The number of benzene rings is 1. The molecule has 0 radical (unpaired) electrons. The largest absolute Gasteiger partial charge is 0.491 e. The summed E-state index contributed by atoms with van der Waals surface area (Å²) in [5.41, 5.74) is 1.67. The number of aliphatic hydroxyl groups is 1. The van der Waals surface area contributed by atoms with E-state index in [0.29, 0.717) is 12.1 Å².